The fourth-order valence-electron chi connectivity index (χ4n) is 8.21. The molecule has 1 aliphatic heterocycles. The van der Waals surface area contributed by atoms with Gasteiger partial charge in [0.15, 0.2) is 11.1 Å². The zero-order valence-electron chi connectivity index (χ0n) is 28.5. The summed E-state index contributed by atoms with van der Waals surface area (Å²) in [5.41, 5.74) is 1.43. The number of Topliss-reactive ketones (excluding diaryl/α,β-unsaturated/α-hetero) is 1. The number of nitrogens with zero attached hydrogens (tertiary/aromatic N) is 1. The van der Waals surface area contributed by atoms with Crippen LogP contribution in [0, 0.1) is 17.8 Å². The van der Waals surface area contributed by atoms with Crippen LogP contribution >= 0.6 is 0 Å². The van der Waals surface area contributed by atoms with Crippen molar-refractivity contribution in [3.05, 3.63) is 11.1 Å². The number of rotatable bonds is 14. The van der Waals surface area contributed by atoms with E-state index in [1.165, 1.54) is 0 Å². The number of carbonyl (C=O) groups excluding carboxylic acids is 5. The van der Waals surface area contributed by atoms with E-state index in [9.17, 15) is 32.7 Å². The second-order valence-corrected chi connectivity index (χ2v) is 15.2. The van der Waals surface area contributed by atoms with E-state index in [-0.39, 0.29) is 29.4 Å². The van der Waals surface area contributed by atoms with Gasteiger partial charge >= 0.3 is 6.03 Å². The van der Waals surface area contributed by atoms with Crippen molar-refractivity contribution in [2.24, 2.45) is 17.8 Å². The normalized spacial score (nSPS) is 25.5. The number of piperidine rings is 1. The first-order valence-corrected chi connectivity index (χ1v) is 19.0. The van der Waals surface area contributed by atoms with Gasteiger partial charge in [-0.15, -0.1) is 0 Å². The minimum atomic E-state index is -2.09. The molecular formula is C34H55N5O7S. The van der Waals surface area contributed by atoms with Crippen LogP contribution in [0.1, 0.15) is 111 Å². The topological polar surface area (TPSA) is 174 Å². The van der Waals surface area contributed by atoms with Gasteiger partial charge in [0.1, 0.15) is 12.1 Å². The Labute approximate surface area is 281 Å². The van der Waals surface area contributed by atoms with Crippen molar-refractivity contribution in [2.45, 2.75) is 135 Å². The maximum absolute atomic E-state index is 14.5. The van der Waals surface area contributed by atoms with E-state index in [1.807, 2.05) is 27.7 Å². The summed E-state index contributed by atoms with van der Waals surface area (Å²) in [6, 6.07) is -3.27. The number of nitrogens with one attached hydrogen (secondary N) is 4. The summed E-state index contributed by atoms with van der Waals surface area (Å²) in [5.74, 6) is -2.55. The molecule has 0 aromatic heterocycles. The van der Waals surface area contributed by atoms with Crippen LogP contribution in [0.5, 0.6) is 0 Å². The van der Waals surface area contributed by atoms with Crippen molar-refractivity contribution in [2.75, 3.05) is 18.8 Å². The molecule has 4 fully saturated rings. The van der Waals surface area contributed by atoms with Crippen LogP contribution in [-0.4, -0.2) is 85.7 Å². The highest BCUT2D eigenvalue weighted by molar-refractivity contribution is 7.79. The fourth-order valence-corrected chi connectivity index (χ4v) is 9.05. The average molecular weight is 678 g/mol. The third-order valence-electron chi connectivity index (χ3n) is 10.5. The summed E-state index contributed by atoms with van der Waals surface area (Å²) in [5, 5.41) is 11.4. The number of carbonyl (C=O) groups is 5. The lowest BCUT2D eigenvalue weighted by molar-refractivity contribution is -0.144. The molecule has 12 nitrogen and oxygen atoms in total. The van der Waals surface area contributed by atoms with Gasteiger partial charge in [0.2, 0.25) is 17.6 Å². The zero-order chi connectivity index (χ0) is 34.3. The Morgan fingerprint density at radius 2 is 1.62 bits per heavy atom. The summed E-state index contributed by atoms with van der Waals surface area (Å²) < 4.78 is 21.6. The Bertz CT molecular complexity index is 1240. The molecule has 5 N–H and O–H groups in total. The first-order chi connectivity index (χ1) is 22.4. The van der Waals surface area contributed by atoms with Gasteiger partial charge < -0.3 is 30.7 Å². The minimum Gasteiger partial charge on any atom is -0.349 e. The summed E-state index contributed by atoms with van der Waals surface area (Å²) in [6.07, 6.45) is 9.84. The number of hydrogen-bond donors (Lipinski definition) is 5. The molecule has 0 spiro atoms. The monoisotopic (exact) mass is 677 g/mol. The third-order valence-corrected chi connectivity index (χ3v) is 11.3. The van der Waals surface area contributed by atoms with Gasteiger partial charge in [-0.25, -0.2) is 9.00 Å². The molecule has 5 amide bonds. The van der Waals surface area contributed by atoms with Gasteiger partial charge in [0.05, 0.1) is 17.3 Å². The van der Waals surface area contributed by atoms with E-state index in [4.69, 9.17) is 0 Å². The molecule has 3 aliphatic carbocycles. The summed E-state index contributed by atoms with van der Waals surface area (Å²) in [6.45, 7) is 8.45. The summed E-state index contributed by atoms with van der Waals surface area (Å²) in [7, 11) is 0. The Hall–Kier alpha value is -2.80. The predicted octanol–water partition coefficient (Wildman–Crippen LogP) is 3.33. The van der Waals surface area contributed by atoms with E-state index in [1.54, 1.807) is 4.90 Å². The van der Waals surface area contributed by atoms with Crippen LogP contribution in [0.4, 0.5) is 4.79 Å². The van der Waals surface area contributed by atoms with Crippen LogP contribution < -0.4 is 21.3 Å². The number of ketones is 1. The molecule has 0 aromatic carbocycles. The molecule has 6 atom stereocenters. The van der Waals surface area contributed by atoms with Gasteiger partial charge in [0, 0.05) is 24.9 Å². The molecule has 6 unspecified atom stereocenters. The van der Waals surface area contributed by atoms with E-state index in [0.717, 1.165) is 62.5 Å². The second-order valence-electron chi connectivity index (χ2n) is 14.3. The lowest BCUT2D eigenvalue weighted by Crippen LogP contribution is -2.62. The number of fused-ring (bicyclic) bond motifs is 1. The van der Waals surface area contributed by atoms with Crippen molar-refractivity contribution >= 4 is 40.6 Å². The minimum absolute atomic E-state index is 0.0266. The fraction of sp³-hybridized carbons (Fsp3) is 0.794. The van der Waals surface area contributed by atoms with E-state index >= 15 is 0 Å². The van der Waals surface area contributed by atoms with Crippen LogP contribution in [0.3, 0.4) is 0 Å². The first-order valence-electron chi connectivity index (χ1n) is 17.7. The maximum atomic E-state index is 14.5. The van der Waals surface area contributed by atoms with E-state index in [2.05, 4.69) is 21.3 Å². The molecular weight excluding hydrogens is 622 g/mol. The summed E-state index contributed by atoms with van der Waals surface area (Å²) in [4.78, 5) is 69.4. The van der Waals surface area contributed by atoms with E-state index in [0.29, 0.717) is 45.2 Å². The molecule has 13 heteroatoms. The Kier molecular flexibility index (Phi) is 13.0. The quantitative estimate of drug-likeness (QED) is 0.107. The lowest BCUT2D eigenvalue weighted by atomic mass is 9.82. The Balaban J connectivity index is 1.57. The molecule has 47 heavy (non-hydrogen) atoms. The number of likely N-dealkylation sites (tertiary alicyclic amines) is 1. The highest BCUT2D eigenvalue weighted by Gasteiger charge is 2.62. The molecule has 3 saturated carbocycles. The number of hydrogen-bond acceptors (Lipinski definition) is 6. The predicted molar refractivity (Wildman–Crippen MR) is 179 cm³/mol. The summed E-state index contributed by atoms with van der Waals surface area (Å²) >= 11 is -2.09. The number of urea groups is 1. The zero-order valence-corrected chi connectivity index (χ0v) is 29.3. The number of allylic oxidation sites excluding steroid dienone is 1. The van der Waals surface area contributed by atoms with Crippen molar-refractivity contribution in [1.29, 1.82) is 0 Å². The van der Waals surface area contributed by atoms with Crippen LogP contribution in [0.15, 0.2) is 11.1 Å². The maximum Gasteiger partial charge on any atom is 0.315 e. The molecule has 264 valence electrons. The second kappa shape index (κ2) is 16.5. The van der Waals surface area contributed by atoms with Crippen LogP contribution in [0.2, 0.25) is 0 Å². The average Bonchev–Trinajstić information content (AvgIpc) is 3.61. The van der Waals surface area contributed by atoms with Crippen molar-refractivity contribution in [3.63, 3.8) is 0 Å². The molecule has 0 bridgehead atoms. The Morgan fingerprint density at radius 1 is 0.957 bits per heavy atom. The van der Waals surface area contributed by atoms with Crippen molar-refractivity contribution in [1.82, 2.24) is 26.2 Å². The highest BCUT2D eigenvalue weighted by atomic mass is 32.2. The standard InChI is InChI=1S/C34H55N5O7S/c1-5-13-24(29(40)31(42)35-18-6-2)36-30(41)28-26-23(25(26)21(3)4)19-39(28)32(43)27(22-14-9-7-10-15-22)37-33(44)38-34(20-47(45)46)16-11-8-12-17-34/h22-24,26-28H,5-20H2,1-4H3,(H,35,42)(H,36,41)(H,45,46)(H2,37,38,44). The molecule has 0 aromatic rings. The lowest BCUT2D eigenvalue weighted by Gasteiger charge is -2.39. The van der Waals surface area contributed by atoms with Gasteiger partial charge in [-0.2, -0.15) is 0 Å². The molecule has 1 saturated heterocycles. The third kappa shape index (κ3) is 9.01. The van der Waals surface area contributed by atoms with Gasteiger partial charge in [-0.05, 0) is 58.3 Å². The highest BCUT2D eigenvalue weighted by Crippen LogP contribution is 2.56. The number of amides is 5. The van der Waals surface area contributed by atoms with Crippen molar-refractivity contribution < 1.29 is 32.7 Å². The molecule has 1 heterocycles. The van der Waals surface area contributed by atoms with Crippen molar-refractivity contribution in [3.8, 4) is 0 Å². The van der Waals surface area contributed by atoms with Crippen LogP contribution in [-0.2, 0) is 30.3 Å². The van der Waals surface area contributed by atoms with Gasteiger partial charge in [-0.1, -0.05) is 69.9 Å². The van der Waals surface area contributed by atoms with Gasteiger partial charge in [-0.3, -0.25) is 19.2 Å². The molecule has 4 aliphatic rings. The Morgan fingerprint density at radius 3 is 2.21 bits per heavy atom. The van der Waals surface area contributed by atoms with Gasteiger partial charge in [0.25, 0.3) is 5.91 Å². The van der Waals surface area contributed by atoms with E-state index < -0.39 is 58.4 Å². The molecule has 0 radical (unpaired) electrons. The first kappa shape index (κ1) is 37.0. The largest absolute Gasteiger partial charge is 0.349 e. The molecule has 4 rings (SSSR count). The smallest absolute Gasteiger partial charge is 0.315 e. The SMILES string of the molecule is CCCNC(=O)C(=O)C(CCC)NC(=O)C1C2C(=C(C)C)C2CN1C(=O)C(NC(=O)NC1(CS(=O)O)CCCCC1)C1CCCCC1. The van der Waals surface area contributed by atoms with Crippen LogP contribution in [0.25, 0.3) is 0 Å².